The van der Waals surface area contributed by atoms with E-state index in [2.05, 4.69) is 0 Å². The molecular weight excluding hydrogens is 294 g/mol. The van der Waals surface area contributed by atoms with Crippen LogP contribution in [0, 0.1) is 0 Å². The van der Waals surface area contributed by atoms with Crippen molar-refractivity contribution < 1.29 is 9.59 Å². The van der Waals surface area contributed by atoms with Gasteiger partial charge >= 0.3 is 23.1 Å². The third-order valence-corrected chi connectivity index (χ3v) is 3.37. The van der Waals surface area contributed by atoms with Crippen LogP contribution < -0.4 is 17.1 Å². The third kappa shape index (κ3) is 3.15. The summed E-state index contributed by atoms with van der Waals surface area (Å²) in [4.78, 5) is 57.7. The van der Waals surface area contributed by atoms with E-state index >= 15 is 0 Å². The molecule has 10 heteroatoms. The molecule has 0 spiro atoms. The van der Waals surface area contributed by atoms with Gasteiger partial charge in [-0.25, -0.2) is 32.9 Å². The smallest absolute Gasteiger partial charge is 0.327 e. The molecule has 0 bridgehead atoms. The molecule has 1 aliphatic heterocycles. The molecule has 0 saturated carbocycles. The predicted molar refractivity (Wildman–Crippen MR) is 77.6 cm³/mol. The topological polar surface area (TPSA) is 107 Å². The first-order valence-electron chi connectivity index (χ1n) is 6.44. The van der Waals surface area contributed by atoms with Gasteiger partial charge in [0.2, 0.25) is 5.91 Å². The maximum atomic E-state index is 11.1. The van der Waals surface area contributed by atoms with Gasteiger partial charge in [0.05, 0.1) is 0 Å². The zero-order chi connectivity index (χ0) is 17.2. The number of imide groups is 1. The fourth-order valence-electron chi connectivity index (χ4n) is 1.81. The van der Waals surface area contributed by atoms with Gasteiger partial charge in [-0.15, -0.1) is 0 Å². The van der Waals surface area contributed by atoms with Crippen LogP contribution in [0.4, 0.5) is 4.79 Å². The number of hydrogen-bond donors (Lipinski definition) is 0. The Morgan fingerprint density at radius 3 is 1.36 bits per heavy atom. The molecule has 0 aromatic carbocycles. The van der Waals surface area contributed by atoms with Crippen LogP contribution in [0.3, 0.4) is 0 Å². The van der Waals surface area contributed by atoms with Crippen LogP contribution in [0.25, 0.3) is 0 Å². The molecule has 0 aliphatic carbocycles. The normalized spacial score (nSPS) is 14.8. The molecule has 0 N–H and O–H groups in total. The maximum absolute atomic E-state index is 11.1. The summed E-state index contributed by atoms with van der Waals surface area (Å²) in [7, 11) is 7.16. The summed E-state index contributed by atoms with van der Waals surface area (Å²) >= 11 is 0. The lowest BCUT2D eigenvalue weighted by molar-refractivity contribution is -0.129. The highest BCUT2D eigenvalue weighted by Gasteiger charge is 2.25. The first kappa shape index (κ1) is 17.4. The van der Waals surface area contributed by atoms with Crippen LogP contribution in [-0.2, 0) is 25.9 Å². The number of rotatable bonds is 0. The van der Waals surface area contributed by atoms with Crippen molar-refractivity contribution in [2.75, 3.05) is 20.6 Å². The molecule has 1 aromatic rings. The van der Waals surface area contributed by atoms with Crippen molar-refractivity contribution in [1.82, 2.24) is 23.5 Å². The van der Waals surface area contributed by atoms with Gasteiger partial charge in [0, 0.05) is 48.2 Å². The van der Waals surface area contributed by atoms with E-state index in [9.17, 15) is 24.0 Å². The highest BCUT2D eigenvalue weighted by molar-refractivity contribution is 5.96. The molecule has 2 heterocycles. The predicted octanol–water partition coefficient (Wildman–Crippen LogP) is -2.32. The van der Waals surface area contributed by atoms with Crippen LogP contribution in [0.5, 0.6) is 0 Å². The molecule has 3 amide bonds. The molecule has 2 rings (SSSR count). The molecule has 0 radical (unpaired) electrons. The largest absolute Gasteiger partial charge is 0.335 e. The first-order valence-corrected chi connectivity index (χ1v) is 6.44. The lowest BCUT2D eigenvalue weighted by Gasteiger charge is -2.28. The Morgan fingerprint density at radius 1 is 0.682 bits per heavy atom. The monoisotopic (exact) mass is 313 g/mol. The van der Waals surface area contributed by atoms with Crippen molar-refractivity contribution in [3.63, 3.8) is 0 Å². The number of carbonyl (C=O) groups is 2. The Morgan fingerprint density at radius 2 is 1.05 bits per heavy atom. The van der Waals surface area contributed by atoms with Gasteiger partial charge in [0.15, 0.2) is 0 Å². The number of hydrogen-bond acceptors (Lipinski definition) is 5. The Balaban J connectivity index is 0.000000224. The molecule has 1 aromatic heterocycles. The van der Waals surface area contributed by atoms with Crippen molar-refractivity contribution in [3.8, 4) is 0 Å². The number of carbonyl (C=O) groups excluding carboxylic acids is 2. The second-order valence-corrected chi connectivity index (χ2v) is 4.93. The van der Waals surface area contributed by atoms with Gasteiger partial charge in [0.25, 0.3) is 0 Å². The molecule has 10 nitrogen and oxygen atoms in total. The highest BCUT2D eigenvalue weighted by atomic mass is 16.2. The second kappa shape index (κ2) is 6.41. The lowest BCUT2D eigenvalue weighted by atomic mass is 10.3. The molecule has 1 saturated heterocycles. The van der Waals surface area contributed by atoms with Gasteiger partial charge in [-0.1, -0.05) is 0 Å². The van der Waals surface area contributed by atoms with Crippen molar-refractivity contribution >= 4 is 11.9 Å². The van der Waals surface area contributed by atoms with Crippen LogP contribution in [0.1, 0.15) is 6.42 Å². The quantitative estimate of drug-likeness (QED) is 0.534. The number of amides is 3. The maximum Gasteiger partial charge on any atom is 0.335 e. The minimum Gasteiger partial charge on any atom is -0.327 e. The van der Waals surface area contributed by atoms with Crippen LogP contribution >= 0.6 is 0 Å². The van der Waals surface area contributed by atoms with E-state index in [-0.39, 0.29) is 11.9 Å². The number of nitrogens with zero attached hydrogens (tertiary/aromatic N) is 5. The van der Waals surface area contributed by atoms with E-state index in [1.807, 2.05) is 0 Å². The van der Waals surface area contributed by atoms with E-state index in [0.717, 1.165) is 18.6 Å². The van der Waals surface area contributed by atoms with Crippen LogP contribution in [0.15, 0.2) is 14.4 Å². The van der Waals surface area contributed by atoms with E-state index < -0.39 is 17.1 Å². The van der Waals surface area contributed by atoms with Gasteiger partial charge in [-0.3, -0.25) is 9.69 Å². The first-order chi connectivity index (χ1) is 10.1. The van der Waals surface area contributed by atoms with Gasteiger partial charge in [-0.05, 0) is 0 Å². The fraction of sp³-hybridized carbons (Fsp3) is 0.583. The van der Waals surface area contributed by atoms with E-state index in [1.54, 1.807) is 7.05 Å². The molecule has 122 valence electrons. The second-order valence-electron chi connectivity index (χ2n) is 4.93. The summed E-state index contributed by atoms with van der Waals surface area (Å²) in [5.74, 6) is -0.0944. The Labute approximate surface area is 125 Å². The van der Waals surface area contributed by atoms with Crippen molar-refractivity contribution in [3.05, 3.63) is 31.5 Å². The Bertz CT molecular complexity index is 670. The lowest BCUT2D eigenvalue weighted by Crippen LogP contribution is -2.51. The SMILES string of the molecule is CN1CCC(=O)N(C)C1=O.Cn1c(=O)n(C)c(=O)n(C)c1=O. The van der Waals surface area contributed by atoms with Crippen molar-refractivity contribution in [2.45, 2.75) is 6.42 Å². The number of aromatic nitrogens is 3. The minimum atomic E-state index is -0.608. The summed E-state index contributed by atoms with van der Waals surface area (Å²) in [5.41, 5.74) is -1.82. The fourth-order valence-corrected chi connectivity index (χ4v) is 1.81. The van der Waals surface area contributed by atoms with E-state index in [4.69, 9.17) is 0 Å². The standard InChI is InChI=1S/C6H9N3O3.C6H10N2O2/c1-7-4(10)8(2)6(12)9(3)5(7)11;1-7-4-3-5(9)8(2)6(7)10/h1-3H3;3-4H2,1-2H3. The average Bonchev–Trinajstić information content (AvgIpc) is 2.51. The highest BCUT2D eigenvalue weighted by Crippen LogP contribution is 2.04. The Hall–Kier alpha value is -2.65. The molecule has 0 unspecified atom stereocenters. The van der Waals surface area contributed by atoms with E-state index in [1.165, 1.54) is 33.1 Å². The van der Waals surface area contributed by atoms with E-state index in [0.29, 0.717) is 13.0 Å². The zero-order valence-electron chi connectivity index (χ0n) is 13.2. The number of urea groups is 1. The summed E-state index contributed by atoms with van der Waals surface area (Å²) in [5, 5.41) is 0. The average molecular weight is 313 g/mol. The van der Waals surface area contributed by atoms with Gasteiger partial charge in [-0.2, -0.15) is 0 Å². The summed E-state index contributed by atoms with van der Waals surface area (Å²) in [6.45, 7) is 0.544. The Kier molecular flexibility index (Phi) is 5.07. The summed E-state index contributed by atoms with van der Waals surface area (Å²) < 4.78 is 2.63. The molecular formula is C12H19N5O5. The van der Waals surface area contributed by atoms with Crippen molar-refractivity contribution in [2.24, 2.45) is 21.1 Å². The molecule has 1 fully saturated rings. The van der Waals surface area contributed by atoms with Crippen LogP contribution in [-0.4, -0.2) is 56.1 Å². The third-order valence-electron chi connectivity index (χ3n) is 3.37. The molecule has 22 heavy (non-hydrogen) atoms. The van der Waals surface area contributed by atoms with Crippen molar-refractivity contribution in [1.29, 1.82) is 0 Å². The van der Waals surface area contributed by atoms with Gasteiger partial charge < -0.3 is 4.90 Å². The molecule has 0 atom stereocenters. The van der Waals surface area contributed by atoms with Gasteiger partial charge in [0.1, 0.15) is 0 Å². The summed E-state index contributed by atoms with van der Waals surface area (Å²) in [6.07, 6.45) is 0.443. The zero-order valence-corrected chi connectivity index (χ0v) is 13.2. The minimum absolute atomic E-state index is 0.0944. The summed E-state index contributed by atoms with van der Waals surface area (Å²) in [6, 6.07) is -0.212. The van der Waals surface area contributed by atoms with Crippen LogP contribution in [0.2, 0.25) is 0 Å². The molecule has 1 aliphatic rings.